The highest BCUT2D eigenvalue weighted by atomic mass is 32.2. The number of amides is 1. The molecule has 0 fully saturated rings. The third-order valence-electron chi connectivity index (χ3n) is 6.06. The van der Waals surface area contributed by atoms with E-state index in [1.165, 1.54) is 33.8 Å². The van der Waals surface area contributed by atoms with Crippen LogP contribution in [0.25, 0.3) is 0 Å². The molecule has 0 bridgehead atoms. The first-order valence-electron chi connectivity index (χ1n) is 11.7. The van der Waals surface area contributed by atoms with E-state index in [2.05, 4.69) is 5.92 Å². The molecule has 2 rings (SSSR count). The van der Waals surface area contributed by atoms with Gasteiger partial charge in [0, 0.05) is 11.3 Å². The number of terminal acetylenes is 1. The lowest BCUT2D eigenvalue weighted by Gasteiger charge is -2.41. The number of alkyl halides is 6. The number of benzene rings is 1. The second kappa shape index (κ2) is 11.2. The van der Waals surface area contributed by atoms with E-state index in [0.29, 0.717) is 6.08 Å². The molecule has 1 heterocycles. The van der Waals surface area contributed by atoms with Crippen molar-refractivity contribution < 1.29 is 43.9 Å². The maximum atomic E-state index is 15.0. The normalized spacial score (nSPS) is 16.5. The van der Waals surface area contributed by atoms with Crippen LogP contribution in [0.2, 0.25) is 0 Å². The number of allylic oxidation sites excluding steroid dienone is 4. The minimum absolute atomic E-state index is 0.0476. The second-order valence-corrected chi connectivity index (χ2v) is 11.6. The SMILES string of the molecule is C#Cc1cc(CC(C2=C(C(C)C)NC(C(F)(F)F)(C(F)(F)F)C=C2)=C(C(N)=O)C(C)C)cc(F)c1NS(C)(=O)=O. The van der Waals surface area contributed by atoms with Crippen LogP contribution in [0.1, 0.15) is 38.8 Å². The number of halogens is 7. The number of sulfonamides is 1. The van der Waals surface area contributed by atoms with Gasteiger partial charge in [0.2, 0.25) is 21.5 Å². The molecular weight excluding hydrogens is 567 g/mol. The fraction of sp³-hybridized carbons (Fsp3) is 0.423. The van der Waals surface area contributed by atoms with Crippen molar-refractivity contribution in [3.63, 3.8) is 0 Å². The fourth-order valence-corrected chi connectivity index (χ4v) is 4.90. The Morgan fingerprint density at radius 2 is 1.68 bits per heavy atom. The topological polar surface area (TPSA) is 101 Å². The fourth-order valence-electron chi connectivity index (χ4n) is 4.32. The average Bonchev–Trinajstić information content (AvgIpc) is 2.76. The van der Waals surface area contributed by atoms with Gasteiger partial charge < -0.3 is 11.1 Å². The molecule has 6 nitrogen and oxygen atoms in total. The molecule has 4 N–H and O–H groups in total. The summed E-state index contributed by atoms with van der Waals surface area (Å²) in [7, 11) is -3.94. The zero-order chi connectivity index (χ0) is 31.0. The monoisotopic (exact) mass is 595 g/mol. The third-order valence-corrected chi connectivity index (χ3v) is 6.64. The molecule has 14 heteroatoms. The summed E-state index contributed by atoms with van der Waals surface area (Å²) in [5.74, 6) is -1.54. The molecule has 1 aliphatic heterocycles. The summed E-state index contributed by atoms with van der Waals surface area (Å²) in [6, 6.07) is 2.10. The summed E-state index contributed by atoms with van der Waals surface area (Å²) in [5, 5.41) is 1.64. The lowest BCUT2D eigenvalue weighted by atomic mass is 9.81. The van der Waals surface area contributed by atoms with Crippen LogP contribution in [0.15, 0.2) is 46.7 Å². The smallest absolute Gasteiger partial charge is 0.366 e. The number of nitrogens with one attached hydrogen (secondary N) is 2. The number of hydrogen-bond donors (Lipinski definition) is 3. The van der Waals surface area contributed by atoms with Gasteiger partial charge in [0.25, 0.3) is 0 Å². The minimum atomic E-state index is -5.78. The summed E-state index contributed by atoms with van der Waals surface area (Å²) in [6.07, 6.45) is -5.20. The first-order valence-corrected chi connectivity index (χ1v) is 13.6. The van der Waals surface area contributed by atoms with Gasteiger partial charge in [-0.15, -0.1) is 6.42 Å². The maximum absolute atomic E-state index is 15.0. The van der Waals surface area contributed by atoms with E-state index in [0.717, 1.165) is 12.3 Å². The molecule has 1 amide bonds. The molecule has 1 aromatic carbocycles. The molecule has 0 saturated heterocycles. The molecule has 0 spiro atoms. The van der Waals surface area contributed by atoms with E-state index in [4.69, 9.17) is 12.2 Å². The van der Waals surface area contributed by atoms with Crippen LogP contribution < -0.4 is 15.8 Å². The Morgan fingerprint density at radius 3 is 2.08 bits per heavy atom. The van der Waals surface area contributed by atoms with Gasteiger partial charge in [-0.25, -0.2) is 12.8 Å². The largest absolute Gasteiger partial charge is 0.424 e. The predicted molar refractivity (Wildman–Crippen MR) is 137 cm³/mol. The highest BCUT2D eigenvalue weighted by Crippen LogP contribution is 2.48. The summed E-state index contributed by atoms with van der Waals surface area (Å²) in [5.41, 5.74) is -0.338. The van der Waals surface area contributed by atoms with E-state index in [9.17, 15) is 43.9 Å². The molecule has 0 saturated carbocycles. The molecule has 1 aliphatic rings. The zero-order valence-corrected chi connectivity index (χ0v) is 22.9. The standard InChI is InChI=1S/C26H28F7N3O3S/c1-7-16-10-15(12-19(27)22(16)36-40(6,38)39)11-18(20(13(2)3)23(34)37)17-8-9-24(25(28,29)30,26(31,32)33)35-21(17)14(4)5/h1,8-10,12-14,35-36H,11H2,2-6H3,(H2,34,37). The summed E-state index contributed by atoms with van der Waals surface area (Å²) >= 11 is 0. The second-order valence-electron chi connectivity index (χ2n) is 9.85. The highest BCUT2D eigenvalue weighted by Gasteiger charge is 2.70. The highest BCUT2D eigenvalue weighted by molar-refractivity contribution is 7.92. The van der Waals surface area contributed by atoms with Crippen LogP contribution in [0.5, 0.6) is 0 Å². The van der Waals surface area contributed by atoms with Gasteiger partial charge in [-0.1, -0.05) is 39.7 Å². The van der Waals surface area contributed by atoms with Crippen molar-refractivity contribution in [1.82, 2.24) is 5.32 Å². The van der Waals surface area contributed by atoms with Gasteiger partial charge in [-0.2, -0.15) is 26.3 Å². The molecule has 1 aromatic rings. The summed E-state index contributed by atoms with van der Waals surface area (Å²) in [6.45, 7) is 5.80. The quantitative estimate of drug-likeness (QED) is 0.221. The summed E-state index contributed by atoms with van der Waals surface area (Å²) in [4.78, 5) is 12.5. The van der Waals surface area contributed by atoms with E-state index in [1.807, 2.05) is 4.72 Å². The number of hydrogen-bond acceptors (Lipinski definition) is 4. The van der Waals surface area contributed by atoms with E-state index < -0.39 is 69.3 Å². The van der Waals surface area contributed by atoms with Crippen molar-refractivity contribution >= 4 is 21.6 Å². The average molecular weight is 596 g/mol. The van der Waals surface area contributed by atoms with E-state index >= 15 is 0 Å². The van der Waals surface area contributed by atoms with E-state index in [1.54, 1.807) is 5.32 Å². The summed E-state index contributed by atoms with van der Waals surface area (Å²) < 4.78 is 123. The first kappa shape index (κ1) is 32.7. The predicted octanol–water partition coefficient (Wildman–Crippen LogP) is 5.09. The number of dihydropyridines is 1. The van der Waals surface area contributed by atoms with Crippen molar-refractivity contribution in [3.8, 4) is 12.3 Å². The van der Waals surface area contributed by atoms with Crippen LogP contribution in [-0.2, 0) is 21.2 Å². The van der Waals surface area contributed by atoms with Crippen LogP contribution in [0.4, 0.5) is 36.4 Å². The number of nitrogens with two attached hydrogens (primary N) is 1. The Labute approximate surface area is 227 Å². The molecule has 0 atom stereocenters. The zero-order valence-electron chi connectivity index (χ0n) is 22.1. The number of primary amides is 1. The Kier molecular flexibility index (Phi) is 9.16. The van der Waals surface area contributed by atoms with Gasteiger partial charge in [0.05, 0.1) is 17.5 Å². The molecular formula is C26H28F7N3O3S. The van der Waals surface area contributed by atoms with E-state index in [-0.39, 0.29) is 33.9 Å². The molecule has 0 unspecified atom stereocenters. The van der Waals surface area contributed by atoms with Crippen molar-refractivity contribution in [2.45, 2.75) is 52.0 Å². The molecule has 0 aromatic heterocycles. The van der Waals surface area contributed by atoms with Crippen molar-refractivity contribution in [2.24, 2.45) is 17.6 Å². The Morgan fingerprint density at radius 1 is 1.12 bits per heavy atom. The van der Waals surface area contributed by atoms with Gasteiger partial charge in [0.1, 0.15) is 5.82 Å². The third kappa shape index (κ3) is 6.63. The van der Waals surface area contributed by atoms with Crippen molar-refractivity contribution in [2.75, 3.05) is 11.0 Å². The van der Waals surface area contributed by atoms with Crippen LogP contribution >= 0.6 is 0 Å². The number of rotatable bonds is 8. The van der Waals surface area contributed by atoms with Crippen LogP contribution in [0.3, 0.4) is 0 Å². The number of carbonyl (C=O) groups is 1. The molecule has 220 valence electrons. The molecule has 0 radical (unpaired) electrons. The van der Waals surface area contributed by atoms with Crippen molar-refractivity contribution in [1.29, 1.82) is 0 Å². The number of anilines is 1. The minimum Gasteiger partial charge on any atom is -0.366 e. The Balaban J connectivity index is 2.89. The van der Waals surface area contributed by atoms with Crippen molar-refractivity contribution in [3.05, 3.63) is 63.6 Å². The molecule has 40 heavy (non-hydrogen) atoms. The van der Waals surface area contributed by atoms with Gasteiger partial charge >= 0.3 is 12.4 Å². The lowest BCUT2D eigenvalue weighted by molar-refractivity contribution is -0.289. The number of carbonyl (C=O) groups excluding carboxylic acids is 1. The van der Waals surface area contributed by atoms with Crippen LogP contribution in [0, 0.1) is 30.0 Å². The lowest BCUT2D eigenvalue weighted by Crippen LogP contribution is -2.65. The first-order chi connectivity index (χ1) is 18.1. The van der Waals surface area contributed by atoms with Crippen LogP contribution in [-0.4, -0.2) is 38.5 Å². The van der Waals surface area contributed by atoms with Gasteiger partial charge in [0.15, 0.2) is 0 Å². The maximum Gasteiger partial charge on any atom is 0.424 e. The molecule has 0 aliphatic carbocycles. The Hall–Kier alpha value is -3.47. The van der Waals surface area contributed by atoms with Gasteiger partial charge in [-0.3, -0.25) is 9.52 Å². The van der Waals surface area contributed by atoms with Gasteiger partial charge in [-0.05, 0) is 53.2 Å². The Bertz CT molecular complexity index is 1410.